The molecule has 33 heavy (non-hydrogen) atoms. The maximum atomic E-state index is 15.0. The Balaban J connectivity index is 1.22. The summed E-state index contributed by atoms with van der Waals surface area (Å²) in [5.74, 6) is -0.398. The molecule has 0 aliphatic carbocycles. The number of ether oxygens (including phenoxy) is 1. The quantitative estimate of drug-likeness (QED) is 0.421. The highest BCUT2D eigenvalue weighted by atomic mass is 19.1. The molecule has 2 aromatic carbocycles. The Morgan fingerprint density at radius 1 is 1.18 bits per heavy atom. The van der Waals surface area contributed by atoms with E-state index in [1.807, 2.05) is 24.3 Å². The van der Waals surface area contributed by atoms with Crippen LogP contribution in [-0.2, 0) is 24.4 Å². The highest BCUT2D eigenvalue weighted by Crippen LogP contribution is 2.29. The van der Waals surface area contributed by atoms with Crippen molar-refractivity contribution in [2.24, 2.45) is 0 Å². The number of carbonyl (C=O) groups is 1. The number of nitrogens with zero attached hydrogens (tertiary/aromatic N) is 6. The van der Waals surface area contributed by atoms with Crippen LogP contribution in [0.5, 0.6) is 0 Å². The van der Waals surface area contributed by atoms with Crippen molar-refractivity contribution in [3.8, 4) is 11.1 Å². The molecule has 1 fully saturated rings. The first-order chi connectivity index (χ1) is 16.2. The second kappa shape index (κ2) is 9.17. The van der Waals surface area contributed by atoms with Gasteiger partial charge in [-0.1, -0.05) is 29.5 Å². The number of rotatable bonds is 8. The minimum absolute atomic E-state index is 0.316. The van der Waals surface area contributed by atoms with Crippen molar-refractivity contribution >= 4 is 11.8 Å². The average molecular weight is 449 g/mol. The Labute approximate surface area is 188 Å². The van der Waals surface area contributed by atoms with E-state index in [0.29, 0.717) is 24.3 Å². The number of quaternary nitrogens is 1. The largest absolute Gasteiger partial charge is 0.442 e. The minimum atomic E-state index is -0.501. The summed E-state index contributed by atoms with van der Waals surface area (Å²) in [6, 6.07) is 12.5. The van der Waals surface area contributed by atoms with Crippen molar-refractivity contribution < 1.29 is 19.2 Å². The second-order valence-corrected chi connectivity index (χ2v) is 7.76. The Kier molecular flexibility index (Phi) is 5.77. The first-order valence-corrected chi connectivity index (χ1v) is 10.5. The molecule has 1 saturated heterocycles. The summed E-state index contributed by atoms with van der Waals surface area (Å²) in [5.41, 5.74) is 3.72. The van der Waals surface area contributed by atoms with E-state index in [2.05, 4.69) is 31.0 Å². The molecule has 0 radical (unpaired) electrons. The summed E-state index contributed by atoms with van der Waals surface area (Å²) in [6.45, 7) is 2.22. The third-order valence-electron chi connectivity index (χ3n) is 5.46. The van der Waals surface area contributed by atoms with Gasteiger partial charge in [0.25, 0.3) is 0 Å². The molecule has 168 valence electrons. The number of hydrogen-bond donors (Lipinski definition) is 2. The van der Waals surface area contributed by atoms with Crippen LogP contribution in [0.4, 0.5) is 14.9 Å². The van der Waals surface area contributed by atoms with Gasteiger partial charge in [-0.15, -0.1) is 5.10 Å². The molecule has 11 heteroatoms. The van der Waals surface area contributed by atoms with Gasteiger partial charge in [-0.05, 0) is 23.8 Å². The topological polar surface area (TPSA) is 118 Å². The van der Waals surface area contributed by atoms with Crippen molar-refractivity contribution in [2.45, 2.75) is 25.7 Å². The zero-order valence-electron chi connectivity index (χ0n) is 17.6. The number of benzene rings is 2. The zero-order valence-corrected chi connectivity index (χ0v) is 17.6. The van der Waals surface area contributed by atoms with E-state index in [-0.39, 0.29) is 6.10 Å². The summed E-state index contributed by atoms with van der Waals surface area (Å²) in [7, 11) is 0. The number of nitrogens with two attached hydrogens (primary N) is 1. The maximum absolute atomic E-state index is 15.0. The summed E-state index contributed by atoms with van der Waals surface area (Å²) in [6.07, 6.45) is 4.08. The van der Waals surface area contributed by atoms with Gasteiger partial charge in [0.2, 0.25) is 0 Å². The maximum Gasteiger partial charge on any atom is 0.414 e. The summed E-state index contributed by atoms with van der Waals surface area (Å²) in [4.78, 5) is 13.7. The molecule has 3 heterocycles. The Hall–Kier alpha value is -4.12. The predicted octanol–water partition coefficient (Wildman–Crippen LogP) is 1.49. The van der Waals surface area contributed by atoms with E-state index >= 15 is 0 Å². The monoisotopic (exact) mass is 449 g/mol. The van der Waals surface area contributed by atoms with Gasteiger partial charge in [-0.2, -0.15) is 15.4 Å². The Morgan fingerprint density at radius 3 is 2.79 bits per heavy atom. The second-order valence-electron chi connectivity index (χ2n) is 7.76. The smallest absolute Gasteiger partial charge is 0.414 e. The highest BCUT2D eigenvalue weighted by Gasteiger charge is 2.33. The van der Waals surface area contributed by atoms with Crippen molar-refractivity contribution in [3.05, 3.63) is 78.1 Å². The molecule has 0 bridgehead atoms. The van der Waals surface area contributed by atoms with Gasteiger partial charge in [0, 0.05) is 17.3 Å². The van der Waals surface area contributed by atoms with Crippen LogP contribution in [0.2, 0.25) is 0 Å². The molecule has 4 aromatic rings. The standard InChI is InChI=1S/C22H21FN8O2/c23-21-9-18(31-14-19(33-22(31)32)13-30-8-7-25-29-30)5-6-20(21)16-3-1-15(2-4-16)10-24-11-17-12-26-28-27-17/h1-9,12,19,24H,10-11,13-14H2,(H,26,27,28)/p+1/t19-/m0/s1. The first kappa shape index (κ1) is 20.8. The molecule has 5 rings (SSSR count). The summed E-state index contributed by atoms with van der Waals surface area (Å²) < 4.78 is 21.9. The highest BCUT2D eigenvalue weighted by molar-refractivity contribution is 5.90. The zero-order chi connectivity index (χ0) is 22.6. The lowest BCUT2D eigenvalue weighted by molar-refractivity contribution is -0.686. The fraction of sp³-hybridized carbons (Fsp3) is 0.227. The summed E-state index contributed by atoms with van der Waals surface area (Å²) in [5, 5.41) is 20.2. The Morgan fingerprint density at radius 2 is 2.06 bits per heavy atom. The van der Waals surface area contributed by atoms with Crippen molar-refractivity contribution in [1.29, 1.82) is 0 Å². The van der Waals surface area contributed by atoms with Gasteiger partial charge in [0.1, 0.15) is 30.7 Å². The van der Waals surface area contributed by atoms with Crippen LogP contribution in [0.25, 0.3) is 11.1 Å². The predicted molar refractivity (Wildman–Crippen MR) is 115 cm³/mol. The fourth-order valence-electron chi connectivity index (χ4n) is 3.80. The molecule has 1 atom stereocenters. The van der Waals surface area contributed by atoms with Gasteiger partial charge in [-0.3, -0.25) is 4.90 Å². The van der Waals surface area contributed by atoms with Gasteiger partial charge < -0.3 is 10.1 Å². The molecule has 1 amide bonds. The molecule has 1 aliphatic rings. The lowest BCUT2D eigenvalue weighted by Gasteiger charge is -2.14. The SMILES string of the molecule is O=C1O[C@@H](Cn2ccnn2)CN1c1ccc(-c2ccc(C[NH2+]Cc3cn[nH]n3)cc2)c(F)c1. The van der Waals surface area contributed by atoms with Crippen LogP contribution in [0.3, 0.4) is 0 Å². The molecule has 0 spiro atoms. The van der Waals surface area contributed by atoms with Crippen molar-refractivity contribution in [1.82, 2.24) is 30.4 Å². The van der Waals surface area contributed by atoms with E-state index < -0.39 is 11.9 Å². The number of anilines is 1. The van der Waals surface area contributed by atoms with E-state index in [1.165, 1.54) is 11.0 Å². The van der Waals surface area contributed by atoms with Gasteiger partial charge in [0.05, 0.1) is 31.2 Å². The van der Waals surface area contributed by atoms with E-state index in [0.717, 1.165) is 29.9 Å². The lowest BCUT2D eigenvalue weighted by atomic mass is 10.0. The molecule has 0 unspecified atom stereocenters. The number of hydrogen-bond acceptors (Lipinski definition) is 6. The molecular formula is C22H22FN8O2+. The van der Waals surface area contributed by atoms with Gasteiger partial charge in [-0.25, -0.2) is 13.9 Å². The van der Waals surface area contributed by atoms with Crippen molar-refractivity contribution in [3.63, 3.8) is 0 Å². The normalized spacial score (nSPS) is 15.7. The molecule has 0 saturated carbocycles. The minimum Gasteiger partial charge on any atom is -0.442 e. The third-order valence-corrected chi connectivity index (χ3v) is 5.46. The number of aromatic nitrogens is 6. The van der Waals surface area contributed by atoms with Crippen LogP contribution in [0, 0.1) is 5.82 Å². The third kappa shape index (κ3) is 4.72. The van der Waals surface area contributed by atoms with E-state index in [4.69, 9.17) is 4.74 Å². The van der Waals surface area contributed by atoms with E-state index in [9.17, 15) is 9.18 Å². The molecule has 2 aromatic heterocycles. The van der Waals surface area contributed by atoms with Crippen LogP contribution in [0.15, 0.2) is 61.1 Å². The first-order valence-electron chi connectivity index (χ1n) is 10.5. The number of carbonyl (C=O) groups excluding carboxylic acids is 1. The number of cyclic esters (lactones) is 1. The molecular weight excluding hydrogens is 427 g/mol. The molecule has 1 aliphatic heterocycles. The van der Waals surface area contributed by atoms with E-state index in [1.54, 1.807) is 35.4 Å². The Bertz CT molecular complexity index is 1210. The number of halogens is 1. The average Bonchev–Trinajstić information content (AvgIpc) is 3.58. The lowest BCUT2D eigenvalue weighted by Crippen LogP contribution is -2.80. The number of aromatic amines is 1. The molecule has 3 N–H and O–H groups in total. The fourth-order valence-corrected chi connectivity index (χ4v) is 3.80. The van der Waals surface area contributed by atoms with Gasteiger partial charge >= 0.3 is 6.09 Å². The number of amides is 1. The van der Waals surface area contributed by atoms with Crippen LogP contribution < -0.4 is 10.2 Å². The number of nitrogens with one attached hydrogen (secondary N) is 1. The number of H-pyrrole nitrogens is 1. The summed E-state index contributed by atoms with van der Waals surface area (Å²) >= 11 is 0. The van der Waals surface area contributed by atoms with Gasteiger partial charge in [0.15, 0.2) is 0 Å². The van der Waals surface area contributed by atoms with Crippen LogP contribution >= 0.6 is 0 Å². The molecule has 10 nitrogen and oxygen atoms in total. The van der Waals surface area contributed by atoms with Crippen LogP contribution in [0.1, 0.15) is 11.3 Å². The van der Waals surface area contributed by atoms with Crippen molar-refractivity contribution in [2.75, 3.05) is 11.4 Å². The van der Waals surface area contributed by atoms with Crippen LogP contribution in [-0.4, -0.2) is 49.1 Å².